The topological polar surface area (TPSA) is 73.8 Å². The zero-order valence-electron chi connectivity index (χ0n) is 19.4. The van der Waals surface area contributed by atoms with E-state index >= 15 is 0 Å². The Morgan fingerprint density at radius 3 is 2.18 bits per heavy atom. The van der Waals surface area contributed by atoms with Crippen molar-refractivity contribution in [1.82, 2.24) is 14.8 Å². The van der Waals surface area contributed by atoms with E-state index in [2.05, 4.69) is 31.7 Å². The highest BCUT2D eigenvalue weighted by atomic mass is 32.1. The first-order valence-electron chi connectivity index (χ1n) is 11.2. The number of benzene rings is 2. The van der Waals surface area contributed by atoms with Crippen molar-refractivity contribution in [2.45, 2.75) is 27.7 Å². The summed E-state index contributed by atoms with van der Waals surface area (Å²) in [7, 11) is 0. The maximum absolute atomic E-state index is 13.5. The summed E-state index contributed by atoms with van der Waals surface area (Å²) >= 11 is 1.46. The number of likely N-dealkylation sites (N-methyl/N-ethyl adjacent to an activating group) is 1. The fourth-order valence-electron chi connectivity index (χ4n) is 3.99. The molecule has 0 atom stereocenters. The molecule has 0 N–H and O–H groups in total. The minimum atomic E-state index is -0.428. The fraction of sp³-hybridized carbons (Fsp3) is 0.360. The van der Waals surface area contributed by atoms with E-state index in [1.165, 1.54) is 16.9 Å². The molecule has 8 heteroatoms. The average molecular weight is 465 g/mol. The Morgan fingerprint density at radius 2 is 1.58 bits per heavy atom. The first kappa shape index (κ1) is 23.1. The Balaban J connectivity index is 1.63. The van der Waals surface area contributed by atoms with Crippen LogP contribution in [0.2, 0.25) is 0 Å². The van der Waals surface area contributed by atoms with Crippen LogP contribution in [0.4, 0.5) is 5.13 Å². The van der Waals surface area contributed by atoms with Crippen LogP contribution in [-0.2, 0) is 4.79 Å². The molecule has 3 aromatic rings. The first-order valence-corrected chi connectivity index (χ1v) is 12.0. The van der Waals surface area contributed by atoms with Crippen molar-refractivity contribution in [1.29, 1.82) is 0 Å². The van der Waals surface area contributed by atoms with Gasteiger partial charge in [0.1, 0.15) is 6.54 Å². The monoisotopic (exact) mass is 464 g/mol. The summed E-state index contributed by atoms with van der Waals surface area (Å²) in [5, 5.41) is 0.587. The van der Waals surface area contributed by atoms with Crippen molar-refractivity contribution >= 4 is 44.4 Å². The summed E-state index contributed by atoms with van der Waals surface area (Å²) in [6.07, 6.45) is 0. The molecule has 0 radical (unpaired) electrons. The molecule has 1 aromatic heterocycles. The van der Waals surface area contributed by atoms with Crippen molar-refractivity contribution in [2.24, 2.45) is 0 Å². The molecule has 0 saturated heterocycles. The number of anilines is 1. The van der Waals surface area contributed by atoms with E-state index in [-0.39, 0.29) is 12.5 Å². The molecule has 0 aliphatic carbocycles. The van der Waals surface area contributed by atoms with E-state index in [0.717, 1.165) is 33.8 Å². The maximum atomic E-state index is 13.5. The molecule has 33 heavy (non-hydrogen) atoms. The van der Waals surface area contributed by atoms with Crippen LogP contribution in [0.1, 0.15) is 45.7 Å². The van der Waals surface area contributed by atoms with Gasteiger partial charge in [0, 0.05) is 13.1 Å². The minimum absolute atomic E-state index is 0.307. The first-order chi connectivity index (χ1) is 15.8. The molecule has 4 rings (SSSR count). The lowest BCUT2D eigenvalue weighted by molar-refractivity contribution is -0.119. The number of aromatic nitrogens is 1. The van der Waals surface area contributed by atoms with Gasteiger partial charge in [0.15, 0.2) is 5.13 Å². The summed E-state index contributed by atoms with van der Waals surface area (Å²) in [5.74, 6) is -1.17. The molecular weight excluding hydrogens is 436 g/mol. The van der Waals surface area contributed by atoms with Gasteiger partial charge in [0.25, 0.3) is 11.8 Å². The van der Waals surface area contributed by atoms with E-state index in [4.69, 9.17) is 4.98 Å². The molecule has 7 nitrogen and oxygen atoms in total. The highest BCUT2D eigenvalue weighted by Crippen LogP contribution is 2.31. The van der Waals surface area contributed by atoms with Crippen LogP contribution in [-0.4, -0.2) is 65.2 Å². The van der Waals surface area contributed by atoms with Crippen LogP contribution in [0.3, 0.4) is 0 Å². The van der Waals surface area contributed by atoms with E-state index in [1.54, 1.807) is 29.2 Å². The Kier molecular flexibility index (Phi) is 6.58. The summed E-state index contributed by atoms with van der Waals surface area (Å²) in [5.41, 5.74) is 3.85. The van der Waals surface area contributed by atoms with Crippen molar-refractivity contribution in [3.8, 4) is 0 Å². The Hall–Kier alpha value is -3.10. The van der Waals surface area contributed by atoms with Crippen molar-refractivity contribution in [3.05, 3.63) is 58.7 Å². The second kappa shape index (κ2) is 9.41. The standard InChI is InChI=1S/C25H28N4O3S/c1-5-27(6-2)11-12-28(25-26-20-13-16(3)17(4)14-21(20)33-25)22(30)15-29-23(31)18-9-7-8-10-19(18)24(29)32/h7-10,13-14H,5-6,11-12,15H2,1-4H3. The van der Waals surface area contributed by atoms with Crippen molar-refractivity contribution in [3.63, 3.8) is 0 Å². The molecule has 3 amide bonds. The van der Waals surface area contributed by atoms with Gasteiger partial charge in [-0.1, -0.05) is 37.3 Å². The Morgan fingerprint density at radius 1 is 0.970 bits per heavy atom. The van der Waals surface area contributed by atoms with Crippen LogP contribution in [0.25, 0.3) is 10.2 Å². The summed E-state index contributed by atoms with van der Waals surface area (Å²) < 4.78 is 1.01. The molecular formula is C25H28N4O3S. The van der Waals surface area contributed by atoms with Crippen LogP contribution >= 0.6 is 11.3 Å². The quantitative estimate of drug-likeness (QED) is 0.473. The maximum Gasteiger partial charge on any atom is 0.262 e. The zero-order valence-corrected chi connectivity index (χ0v) is 20.2. The van der Waals surface area contributed by atoms with Crippen LogP contribution < -0.4 is 4.90 Å². The van der Waals surface area contributed by atoms with E-state index in [1.807, 2.05) is 13.0 Å². The lowest BCUT2D eigenvalue weighted by Crippen LogP contribution is -2.45. The molecule has 0 saturated carbocycles. The summed E-state index contributed by atoms with van der Waals surface area (Å²) in [4.78, 5) is 48.7. The molecule has 2 aromatic carbocycles. The summed E-state index contributed by atoms with van der Waals surface area (Å²) in [6.45, 7) is 10.8. The van der Waals surface area contributed by atoms with Gasteiger partial charge in [-0.15, -0.1) is 0 Å². The van der Waals surface area contributed by atoms with Gasteiger partial charge in [0.05, 0.1) is 21.3 Å². The molecule has 1 aliphatic rings. The van der Waals surface area contributed by atoms with Gasteiger partial charge in [-0.2, -0.15) is 0 Å². The van der Waals surface area contributed by atoms with Gasteiger partial charge in [-0.05, 0) is 62.3 Å². The highest BCUT2D eigenvalue weighted by Gasteiger charge is 2.37. The number of hydrogen-bond donors (Lipinski definition) is 0. The average Bonchev–Trinajstić information content (AvgIpc) is 3.31. The smallest absolute Gasteiger partial charge is 0.262 e. The number of imide groups is 1. The second-order valence-electron chi connectivity index (χ2n) is 8.21. The van der Waals surface area contributed by atoms with Crippen LogP contribution in [0.5, 0.6) is 0 Å². The number of carbonyl (C=O) groups excluding carboxylic acids is 3. The number of hydrogen-bond acceptors (Lipinski definition) is 6. The normalized spacial score (nSPS) is 13.3. The molecule has 172 valence electrons. The lowest BCUT2D eigenvalue weighted by Gasteiger charge is -2.26. The van der Waals surface area contributed by atoms with E-state index < -0.39 is 11.8 Å². The molecule has 2 heterocycles. The summed E-state index contributed by atoms with van der Waals surface area (Å²) in [6, 6.07) is 10.8. The fourth-order valence-corrected chi connectivity index (χ4v) is 5.08. The highest BCUT2D eigenvalue weighted by molar-refractivity contribution is 7.22. The van der Waals surface area contributed by atoms with Crippen LogP contribution in [0.15, 0.2) is 36.4 Å². The number of fused-ring (bicyclic) bond motifs is 2. The van der Waals surface area contributed by atoms with Gasteiger partial charge in [0.2, 0.25) is 5.91 Å². The van der Waals surface area contributed by atoms with Gasteiger partial charge >= 0.3 is 0 Å². The lowest BCUT2D eigenvalue weighted by atomic mass is 10.1. The van der Waals surface area contributed by atoms with E-state index in [9.17, 15) is 14.4 Å². The van der Waals surface area contributed by atoms with Crippen LogP contribution in [0, 0.1) is 13.8 Å². The number of carbonyl (C=O) groups is 3. The predicted octanol–water partition coefficient (Wildman–Crippen LogP) is 3.88. The minimum Gasteiger partial charge on any atom is -0.302 e. The molecule has 0 fully saturated rings. The molecule has 0 bridgehead atoms. The molecule has 0 spiro atoms. The van der Waals surface area contributed by atoms with Crippen molar-refractivity contribution < 1.29 is 14.4 Å². The predicted molar refractivity (Wildman–Crippen MR) is 131 cm³/mol. The molecule has 1 aliphatic heterocycles. The third-order valence-corrected chi connectivity index (χ3v) is 7.27. The zero-order chi connectivity index (χ0) is 23.7. The largest absolute Gasteiger partial charge is 0.302 e. The third kappa shape index (κ3) is 4.41. The number of aryl methyl sites for hydroxylation is 2. The SMILES string of the molecule is CCN(CC)CCN(C(=O)CN1C(=O)c2ccccc2C1=O)c1nc2cc(C)c(C)cc2s1. The van der Waals surface area contributed by atoms with Crippen molar-refractivity contribution in [2.75, 3.05) is 37.6 Å². The Bertz CT molecular complexity index is 1160. The number of rotatable bonds is 8. The second-order valence-corrected chi connectivity index (χ2v) is 9.22. The number of thiazole rings is 1. The number of nitrogens with zero attached hydrogens (tertiary/aromatic N) is 4. The van der Waals surface area contributed by atoms with Gasteiger partial charge in [-0.25, -0.2) is 4.98 Å². The van der Waals surface area contributed by atoms with Gasteiger partial charge in [-0.3, -0.25) is 24.2 Å². The Labute approximate surface area is 197 Å². The van der Waals surface area contributed by atoms with Gasteiger partial charge < -0.3 is 4.90 Å². The third-order valence-electron chi connectivity index (χ3n) is 6.23. The van der Waals surface area contributed by atoms with E-state index in [0.29, 0.717) is 29.3 Å². The number of amides is 3. The molecule has 0 unspecified atom stereocenters.